The molecule has 0 saturated heterocycles. The van der Waals surface area contributed by atoms with Gasteiger partial charge < -0.3 is 24.5 Å². The van der Waals surface area contributed by atoms with Gasteiger partial charge in [-0.3, -0.25) is 4.98 Å². The molecule has 28 heavy (non-hydrogen) atoms. The molecule has 7 heteroatoms. The second-order valence-corrected chi connectivity index (χ2v) is 6.01. The molecule has 0 atom stereocenters. The maximum atomic E-state index is 8.93. The summed E-state index contributed by atoms with van der Waals surface area (Å²) in [5.41, 5.74) is 4.38. The van der Waals surface area contributed by atoms with Crippen molar-refractivity contribution in [3.8, 4) is 11.1 Å². The average Bonchev–Trinajstić information content (AvgIpc) is 2.70. The SMILES string of the molecule is Clc1ccccc1-c1ccc(COCc2cccnc2)cc1.O=C([O-])C(=O)[O-]. The van der Waals surface area contributed by atoms with Crippen molar-refractivity contribution in [2.24, 2.45) is 0 Å². The van der Waals surface area contributed by atoms with Crippen molar-refractivity contribution in [1.82, 2.24) is 4.98 Å². The Balaban J connectivity index is 0.000000409. The Morgan fingerprint density at radius 3 is 2.07 bits per heavy atom. The first-order valence-electron chi connectivity index (χ1n) is 8.20. The number of hydrogen-bond donors (Lipinski definition) is 0. The smallest absolute Gasteiger partial charge is 0.0870 e. The van der Waals surface area contributed by atoms with Gasteiger partial charge in [-0.05, 0) is 28.8 Å². The Hall–Kier alpha value is -3.22. The number of carboxylic acids is 2. The number of aromatic nitrogens is 1. The first kappa shape index (κ1) is 21.1. The molecule has 1 heterocycles. The minimum Gasteiger partial charge on any atom is -0.543 e. The minimum absolute atomic E-state index is 0.570. The molecule has 0 aliphatic heterocycles. The van der Waals surface area contributed by atoms with Crippen LogP contribution in [0.5, 0.6) is 0 Å². The van der Waals surface area contributed by atoms with E-state index < -0.39 is 11.9 Å². The van der Waals surface area contributed by atoms with Crippen LogP contribution in [0, 0.1) is 0 Å². The van der Waals surface area contributed by atoms with E-state index in [1.54, 1.807) is 6.20 Å². The lowest BCUT2D eigenvalue weighted by molar-refractivity contribution is -0.345. The fraction of sp³-hybridized carbons (Fsp3) is 0.0952. The molecule has 0 amide bonds. The van der Waals surface area contributed by atoms with Gasteiger partial charge >= 0.3 is 0 Å². The normalized spacial score (nSPS) is 9.89. The molecule has 6 nitrogen and oxygen atoms in total. The van der Waals surface area contributed by atoms with E-state index in [1.165, 1.54) is 0 Å². The summed E-state index contributed by atoms with van der Waals surface area (Å²) in [6.07, 6.45) is 3.58. The Labute approximate surface area is 167 Å². The third-order valence-electron chi connectivity index (χ3n) is 3.57. The molecule has 3 aromatic rings. The Bertz CT molecular complexity index is 902. The summed E-state index contributed by atoms with van der Waals surface area (Å²) in [6, 6.07) is 20.1. The monoisotopic (exact) mass is 397 g/mol. The fourth-order valence-corrected chi connectivity index (χ4v) is 2.49. The van der Waals surface area contributed by atoms with Crippen LogP contribution in [-0.4, -0.2) is 16.9 Å². The van der Waals surface area contributed by atoms with E-state index in [0.29, 0.717) is 13.2 Å². The molecule has 0 saturated carbocycles. The highest BCUT2D eigenvalue weighted by atomic mass is 35.5. The van der Waals surface area contributed by atoms with Crippen LogP contribution in [0.25, 0.3) is 11.1 Å². The van der Waals surface area contributed by atoms with Crippen molar-refractivity contribution < 1.29 is 24.5 Å². The van der Waals surface area contributed by atoms with Gasteiger partial charge in [-0.1, -0.05) is 60.1 Å². The molecule has 0 N–H and O–H groups in total. The molecule has 1 aromatic heterocycles. The quantitative estimate of drug-likeness (QED) is 0.606. The molecule has 0 spiro atoms. The van der Waals surface area contributed by atoms with E-state index in [1.807, 2.05) is 42.6 Å². The lowest BCUT2D eigenvalue weighted by Crippen LogP contribution is -2.42. The second kappa shape index (κ2) is 10.8. The number of pyridine rings is 1. The van der Waals surface area contributed by atoms with Gasteiger partial charge in [-0.15, -0.1) is 0 Å². The van der Waals surface area contributed by atoms with Crippen molar-refractivity contribution in [3.05, 3.63) is 89.2 Å². The van der Waals surface area contributed by atoms with E-state index >= 15 is 0 Å². The fourth-order valence-electron chi connectivity index (χ4n) is 2.25. The molecule has 0 fully saturated rings. The number of benzene rings is 2. The summed E-state index contributed by atoms with van der Waals surface area (Å²) in [7, 11) is 0. The van der Waals surface area contributed by atoms with Crippen LogP contribution in [0.1, 0.15) is 11.1 Å². The van der Waals surface area contributed by atoms with Crippen LogP contribution >= 0.6 is 11.6 Å². The molecule has 0 radical (unpaired) electrons. The maximum absolute atomic E-state index is 8.93. The standard InChI is InChI=1S/C19H16ClNO.C2H2O4/c20-19-6-2-1-5-18(19)17-9-7-15(8-10-17)13-22-14-16-4-3-11-21-12-16;3-1(4)2(5)6/h1-12H,13-14H2;(H,3,4)(H,5,6)/p-2. The molecule has 0 bridgehead atoms. The van der Waals surface area contributed by atoms with Crippen LogP contribution in [0.2, 0.25) is 5.02 Å². The molecule has 3 rings (SSSR count). The van der Waals surface area contributed by atoms with Crippen LogP contribution < -0.4 is 10.2 Å². The van der Waals surface area contributed by atoms with Gasteiger partial charge in [0, 0.05) is 23.0 Å². The highest BCUT2D eigenvalue weighted by molar-refractivity contribution is 6.33. The number of rotatable bonds is 5. The summed E-state index contributed by atoms with van der Waals surface area (Å²) >= 11 is 6.22. The predicted octanol–water partition coefficient (Wildman–Crippen LogP) is 1.61. The highest BCUT2D eigenvalue weighted by Crippen LogP contribution is 2.27. The zero-order chi connectivity index (χ0) is 20.4. The highest BCUT2D eigenvalue weighted by Gasteiger charge is 2.02. The topological polar surface area (TPSA) is 102 Å². The van der Waals surface area contributed by atoms with E-state index in [2.05, 4.69) is 29.2 Å². The molecule has 2 aromatic carbocycles. The van der Waals surface area contributed by atoms with Crippen molar-refractivity contribution in [1.29, 1.82) is 0 Å². The first-order valence-corrected chi connectivity index (χ1v) is 8.58. The summed E-state index contributed by atoms with van der Waals surface area (Å²) in [4.78, 5) is 21.9. The molecule has 0 aliphatic rings. The summed E-state index contributed by atoms with van der Waals surface area (Å²) in [5.74, 6) is -4.37. The lowest BCUT2D eigenvalue weighted by atomic mass is 10.0. The number of hydrogen-bond acceptors (Lipinski definition) is 6. The summed E-state index contributed by atoms with van der Waals surface area (Å²) < 4.78 is 5.71. The predicted molar refractivity (Wildman–Crippen MR) is 99.6 cm³/mol. The number of aliphatic carboxylic acids is 2. The number of nitrogens with zero attached hydrogens (tertiary/aromatic N) is 1. The molecule has 0 unspecified atom stereocenters. The summed E-state index contributed by atoms with van der Waals surface area (Å²) in [6.45, 7) is 1.15. The van der Waals surface area contributed by atoms with Crippen molar-refractivity contribution in [2.45, 2.75) is 13.2 Å². The van der Waals surface area contributed by atoms with Crippen molar-refractivity contribution in [3.63, 3.8) is 0 Å². The zero-order valence-corrected chi connectivity index (χ0v) is 15.5. The van der Waals surface area contributed by atoms with Crippen molar-refractivity contribution in [2.75, 3.05) is 0 Å². The Morgan fingerprint density at radius 1 is 0.857 bits per heavy atom. The molecule has 0 aliphatic carbocycles. The third kappa shape index (κ3) is 6.83. The Morgan fingerprint density at radius 2 is 1.50 bits per heavy atom. The first-order chi connectivity index (χ1) is 13.5. The number of carbonyl (C=O) groups is 2. The lowest BCUT2D eigenvalue weighted by Gasteiger charge is -2.07. The molecular formula is C21H16ClNO5-2. The zero-order valence-electron chi connectivity index (χ0n) is 14.7. The van der Waals surface area contributed by atoms with Gasteiger partial charge in [-0.25, -0.2) is 0 Å². The minimum atomic E-state index is -2.19. The largest absolute Gasteiger partial charge is 0.543 e. The average molecular weight is 398 g/mol. The van der Waals surface area contributed by atoms with Gasteiger partial charge in [0.15, 0.2) is 0 Å². The maximum Gasteiger partial charge on any atom is 0.0870 e. The van der Waals surface area contributed by atoms with Gasteiger partial charge in [0.25, 0.3) is 0 Å². The van der Waals surface area contributed by atoms with Gasteiger partial charge in [-0.2, -0.15) is 0 Å². The third-order valence-corrected chi connectivity index (χ3v) is 3.90. The van der Waals surface area contributed by atoms with E-state index in [0.717, 1.165) is 27.3 Å². The Kier molecular flexibility index (Phi) is 8.14. The van der Waals surface area contributed by atoms with E-state index in [4.69, 9.17) is 36.1 Å². The number of halogens is 1. The van der Waals surface area contributed by atoms with E-state index in [-0.39, 0.29) is 0 Å². The number of carboxylic acid groups (broad SMARTS) is 2. The van der Waals surface area contributed by atoms with Gasteiger partial charge in [0.2, 0.25) is 0 Å². The molecular weight excluding hydrogens is 382 g/mol. The second-order valence-electron chi connectivity index (χ2n) is 5.61. The van der Waals surface area contributed by atoms with Crippen molar-refractivity contribution >= 4 is 23.5 Å². The van der Waals surface area contributed by atoms with Crippen LogP contribution in [0.15, 0.2) is 73.1 Å². The number of carbonyl (C=O) groups excluding carboxylic acids is 2. The number of ether oxygens (including phenoxy) is 1. The van der Waals surface area contributed by atoms with E-state index in [9.17, 15) is 0 Å². The van der Waals surface area contributed by atoms with Gasteiger partial charge in [0.05, 0.1) is 25.2 Å². The molecule has 144 valence electrons. The summed E-state index contributed by atoms with van der Waals surface area (Å²) in [5, 5.41) is 18.6. The van der Waals surface area contributed by atoms with Crippen LogP contribution in [0.4, 0.5) is 0 Å². The van der Waals surface area contributed by atoms with Gasteiger partial charge in [0.1, 0.15) is 0 Å². The van der Waals surface area contributed by atoms with Crippen LogP contribution in [-0.2, 0) is 27.5 Å². The van der Waals surface area contributed by atoms with Crippen LogP contribution in [0.3, 0.4) is 0 Å².